The monoisotopic (exact) mass is 267 g/mol. The molecule has 1 nitrogen and oxygen atoms in total. The van der Waals surface area contributed by atoms with Crippen molar-refractivity contribution in [2.24, 2.45) is 4.99 Å². The Morgan fingerprint density at radius 3 is 1.94 bits per heavy atom. The van der Waals surface area contributed by atoms with E-state index in [1.165, 1.54) is 0 Å². The molecule has 0 amide bonds. The summed E-state index contributed by atoms with van der Waals surface area (Å²) in [5.41, 5.74) is 1.99. The molecule has 18 heavy (non-hydrogen) atoms. The van der Waals surface area contributed by atoms with Crippen molar-refractivity contribution >= 4 is 17.5 Å². The average Bonchev–Trinajstić information content (AvgIpc) is 2.42. The summed E-state index contributed by atoms with van der Waals surface area (Å²) in [6.07, 6.45) is 9.62. The number of nitrogens with zero attached hydrogens (tertiary/aromatic N) is 1. The Morgan fingerprint density at radius 2 is 1.67 bits per heavy atom. The fraction of sp³-hybridized carbons (Fsp3) is 0.438. The summed E-state index contributed by atoms with van der Waals surface area (Å²) in [5.74, 6) is 0. The van der Waals surface area contributed by atoms with Gasteiger partial charge in [-0.3, -0.25) is 4.99 Å². The number of aliphatic imine (C=N–C) groups is 1. The molecule has 0 aromatic heterocycles. The van der Waals surface area contributed by atoms with Gasteiger partial charge in [0.25, 0.3) is 0 Å². The highest BCUT2D eigenvalue weighted by atomic mass is 32.2. The first-order valence-electron chi connectivity index (χ1n) is 6.33. The van der Waals surface area contributed by atoms with Crippen molar-refractivity contribution in [1.29, 1.82) is 0 Å². The molecule has 0 aliphatic heterocycles. The average molecular weight is 267 g/mol. The minimum absolute atomic E-state index is 0.959. The van der Waals surface area contributed by atoms with E-state index in [1.54, 1.807) is 24.9 Å². The van der Waals surface area contributed by atoms with Crippen LogP contribution in [0.4, 0.5) is 0 Å². The first-order valence-corrected chi connectivity index (χ1v) is 7.55. The summed E-state index contributed by atoms with van der Waals surface area (Å²) < 4.78 is 0. The third-order valence-electron chi connectivity index (χ3n) is 1.48. The molecular formula is C16H29NS. The predicted molar refractivity (Wildman–Crippen MR) is 91.8 cm³/mol. The lowest BCUT2D eigenvalue weighted by atomic mass is 10.2. The Morgan fingerprint density at radius 1 is 1.17 bits per heavy atom. The van der Waals surface area contributed by atoms with Crippen LogP contribution in [0, 0.1) is 0 Å². The maximum Gasteiger partial charge on any atom is 0.0706 e. The number of thioether (sulfide) groups is 1. The number of hydrogen-bond acceptors (Lipinski definition) is 2. The second kappa shape index (κ2) is 18.3. The van der Waals surface area contributed by atoms with Crippen LogP contribution in [0.15, 0.2) is 52.9 Å². The summed E-state index contributed by atoms with van der Waals surface area (Å²) in [7, 11) is 1.78. The van der Waals surface area contributed by atoms with Crippen molar-refractivity contribution < 1.29 is 0 Å². The summed E-state index contributed by atoms with van der Waals surface area (Å²) in [6.45, 7) is 17.5. The molecule has 0 aromatic carbocycles. The molecule has 0 rings (SSSR count). The fourth-order valence-corrected chi connectivity index (χ4v) is 1.57. The van der Waals surface area contributed by atoms with Gasteiger partial charge < -0.3 is 0 Å². The van der Waals surface area contributed by atoms with Crippen molar-refractivity contribution in [1.82, 2.24) is 0 Å². The van der Waals surface area contributed by atoms with Crippen LogP contribution in [0.1, 0.15) is 34.6 Å². The van der Waals surface area contributed by atoms with Gasteiger partial charge in [0, 0.05) is 12.0 Å². The van der Waals surface area contributed by atoms with Gasteiger partial charge in [0.1, 0.15) is 0 Å². The highest BCUT2D eigenvalue weighted by Gasteiger charge is 2.00. The Labute approximate surface area is 118 Å². The van der Waals surface area contributed by atoms with E-state index < -0.39 is 0 Å². The van der Waals surface area contributed by atoms with Crippen LogP contribution in [-0.4, -0.2) is 19.0 Å². The second-order valence-corrected chi connectivity index (χ2v) is 3.61. The molecule has 0 unspecified atom stereocenters. The highest BCUT2D eigenvalue weighted by Crippen LogP contribution is 2.16. The summed E-state index contributed by atoms with van der Waals surface area (Å²) in [4.78, 5) is 5.32. The molecule has 0 heterocycles. The molecule has 0 saturated heterocycles. The zero-order chi connectivity index (χ0) is 15.0. The largest absolute Gasteiger partial charge is 0.288 e. The quantitative estimate of drug-likeness (QED) is 0.461. The van der Waals surface area contributed by atoms with Gasteiger partial charge in [-0.2, -0.15) is 0 Å². The van der Waals surface area contributed by atoms with Crippen LogP contribution in [0.2, 0.25) is 0 Å². The lowest BCUT2D eigenvalue weighted by Crippen LogP contribution is -1.95. The van der Waals surface area contributed by atoms with E-state index in [1.807, 2.05) is 59.1 Å². The fourth-order valence-electron chi connectivity index (χ4n) is 0.887. The lowest BCUT2D eigenvalue weighted by Gasteiger charge is -2.03. The van der Waals surface area contributed by atoms with E-state index in [0.717, 1.165) is 16.2 Å². The van der Waals surface area contributed by atoms with E-state index >= 15 is 0 Å². The van der Waals surface area contributed by atoms with Gasteiger partial charge in [-0.15, -0.1) is 11.8 Å². The number of hydrogen-bond donors (Lipinski definition) is 0. The van der Waals surface area contributed by atoms with E-state index in [-0.39, 0.29) is 0 Å². The van der Waals surface area contributed by atoms with Crippen molar-refractivity contribution in [2.45, 2.75) is 34.6 Å². The van der Waals surface area contributed by atoms with Crippen LogP contribution in [0.5, 0.6) is 0 Å². The van der Waals surface area contributed by atoms with Crippen LogP contribution < -0.4 is 0 Å². The maximum atomic E-state index is 4.20. The van der Waals surface area contributed by atoms with Crippen molar-refractivity contribution in [3.63, 3.8) is 0 Å². The summed E-state index contributed by atoms with van der Waals surface area (Å²) in [6, 6.07) is 0. The first-order chi connectivity index (χ1) is 8.65. The Kier molecular flexibility index (Phi) is 22.6. The Balaban J connectivity index is -0.000000506. The molecular weight excluding hydrogens is 238 g/mol. The smallest absolute Gasteiger partial charge is 0.0706 e. The van der Waals surface area contributed by atoms with Crippen LogP contribution in [0.3, 0.4) is 0 Å². The van der Waals surface area contributed by atoms with Gasteiger partial charge in [0.2, 0.25) is 0 Å². The van der Waals surface area contributed by atoms with Crippen LogP contribution >= 0.6 is 11.8 Å². The van der Waals surface area contributed by atoms with Gasteiger partial charge in [-0.05, 0) is 25.3 Å². The molecule has 0 saturated carbocycles. The molecule has 0 spiro atoms. The van der Waals surface area contributed by atoms with Crippen LogP contribution in [0.25, 0.3) is 0 Å². The molecule has 0 radical (unpaired) electrons. The predicted octanol–water partition coefficient (Wildman–Crippen LogP) is 5.67. The highest BCUT2D eigenvalue weighted by molar-refractivity contribution is 8.03. The maximum absolute atomic E-state index is 4.20. The van der Waals surface area contributed by atoms with Gasteiger partial charge in [0.15, 0.2) is 0 Å². The molecule has 104 valence electrons. The van der Waals surface area contributed by atoms with E-state index in [0.29, 0.717) is 0 Å². The molecule has 0 aromatic rings. The normalized spacial score (nSPS) is 11.1. The summed E-state index contributed by atoms with van der Waals surface area (Å²) >= 11 is 1.67. The Hall–Kier alpha value is -1.02. The van der Waals surface area contributed by atoms with Crippen molar-refractivity contribution in [3.8, 4) is 0 Å². The molecule has 0 N–H and O–H groups in total. The van der Waals surface area contributed by atoms with Crippen molar-refractivity contribution in [3.05, 3.63) is 47.9 Å². The molecule has 2 heteroatoms. The van der Waals surface area contributed by atoms with Gasteiger partial charge in [-0.25, -0.2) is 0 Å². The minimum atomic E-state index is 0.959. The molecule has 0 aliphatic rings. The zero-order valence-electron chi connectivity index (χ0n) is 13.1. The van der Waals surface area contributed by atoms with E-state index in [9.17, 15) is 0 Å². The van der Waals surface area contributed by atoms with Crippen molar-refractivity contribution in [2.75, 3.05) is 13.3 Å². The Bertz CT molecular complexity index is 296. The third-order valence-corrected chi connectivity index (χ3v) is 2.25. The lowest BCUT2D eigenvalue weighted by molar-refractivity contribution is 1.44. The van der Waals surface area contributed by atoms with E-state index in [2.05, 4.69) is 18.2 Å². The van der Waals surface area contributed by atoms with Gasteiger partial charge in [0.05, 0.1) is 5.71 Å². The first kappa shape index (κ1) is 22.2. The summed E-state index contributed by atoms with van der Waals surface area (Å²) in [5, 5.41) is 0. The standard InChI is InChI=1S/C12H17NS.2C2H6/c1-6-7-8-11(13-4)12(14-5)9-10(2)3;2*1-2/h6-9H,1-2H2,3-5H3;2*1-2H3/b8-7-,12-9-,13-11?;;. The van der Waals surface area contributed by atoms with E-state index in [4.69, 9.17) is 0 Å². The minimum Gasteiger partial charge on any atom is -0.288 e. The molecule has 0 fully saturated rings. The molecule has 0 bridgehead atoms. The molecule has 0 atom stereocenters. The molecule has 0 aliphatic carbocycles. The SMILES string of the molecule is C=C/C=C\C(=NC)/C(=C/C(=C)C)SC.CC.CC. The topological polar surface area (TPSA) is 12.4 Å². The second-order valence-electron chi connectivity index (χ2n) is 2.76. The van der Waals surface area contributed by atoms with Gasteiger partial charge in [-0.1, -0.05) is 58.6 Å². The number of rotatable bonds is 5. The zero-order valence-corrected chi connectivity index (χ0v) is 13.9. The third kappa shape index (κ3) is 13.0. The number of allylic oxidation sites excluding steroid dienone is 6. The van der Waals surface area contributed by atoms with Gasteiger partial charge >= 0.3 is 0 Å². The van der Waals surface area contributed by atoms with Crippen LogP contribution in [-0.2, 0) is 0 Å².